The fraction of sp³-hybridized carbons (Fsp3) is 0. The molecule has 0 aliphatic heterocycles. The number of para-hydroxylation sites is 2. The van der Waals surface area contributed by atoms with Gasteiger partial charge in [-0.1, -0.05) is 55.6 Å². The highest BCUT2D eigenvalue weighted by molar-refractivity contribution is 7.59. The van der Waals surface area contributed by atoms with Crippen molar-refractivity contribution in [3.05, 3.63) is 97.8 Å². The maximum absolute atomic E-state index is 10.3. The summed E-state index contributed by atoms with van der Waals surface area (Å²) in [5.41, 5.74) is 0. The molecule has 0 saturated heterocycles. The molecule has 0 fully saturated rings. The van der Waals surface area contributed by atoms with Crippen molar-refractivity contribution in [3.63, 3.8) is 0 Å². The maximum Gasteiger partial charge on any atom is 0.678 e. The van der Waals surface area contributed by atoms with Gasteiger partial charge in [-0.3, -0.25) is 0 Å². The first-order valence-electron chi connectivity index (χ1n) is 7.53. The summed E-state index contributed by atoms with van der Waals surface area (Å²) in [5.74, 6) is 1.18. The Morgan fingerprint density at radius 3 is 2.15 bits per heavy atom. The third-order valence-corrected chi connectivity index (χ3v) is 5.52. The monoisotopic (exact) mass is 389 g/mol. The van der Waals surface area contributed by atoms with Crippen LogP contribution in [0.5, 0.6) is 11.5 Å². The molecule has 0 spiro atoms. The molecule has 26 heavy (non-hydrogen) atoms. The first-order chi connectivity index (χ1) is 12.5. The number of allylic oxidation sites excluding steroid dienone is 3. The Kier molecular flexibility index (Phi) is 7.37. The molecule has 0 radical (unpaired) electrons. The van der Waals surface area contributed by atoms with E-state index < -0.39 is 15.8 Å². The lowest BCUT2D eigenvalue weighted by Gasteiger charge is -2.08. The summed E-state index contributed by atoms with van der Waals surface area (Å²) in [7, 11) is -5.93. The van der Waals surface area contributed by atoms with Gasteiger partial charge in [0.05, 0.1) is 4.52 Å². The van der Waals surface area contributed by atoms with Crippen LogP contribution in [0.15, 0.2) is 102 Å². The topological polar surface area (TPSA) is 84.1 Å². The van der Waals surface area contributed by atoms with Gasteiger partial charge in [-0.25, -0.2) is 14.2 Å². The third kappa shape index (κ3) is 6.69. The van der Waals surface area contributed by atoms with E-state index >= 15 is 0 Å². The highest BCUT2D eigenvalue weighted by Gasteiger charge is 2.31. The van der Waals surface area contributed by atoms with E-state index in [0.717, 1.165) is 0 Å². The smallest absolute Gasteiger partial charge is 0.420 e. The molecule has 0 aliphatic carbocycles. The molecular formula is C18H19N2O4P2+. The van der Waals surface area contributed by atoms with Crippen LogP contribution in [0.1, 0.15) is 0 Å². The van der Waals surface area contributed by atoms with Gasteiger partial charge < -0.3 is 9.42 Å². The average Bonchev–Trinajstić information content (AvgIpc) is 2.62. The lowest BCUT2D eigenvalue weighted by Crippen LogP contribution is -1.91. The fourth-order valence-corrected chi connectivity index (χ4v) is 4.02. The molecule has 0 aliphatic rings. The van der Waals surface area contributed by atoms with Crippen molar-refractivity contribution in [1.82, 2.24) is 0 Å². The second-order valence-corrected chi connectivity index (χ2v) is 7.61. The molecule has 134 valence electrons. The van der Waals surface area contributed by atoms with Crippen LogP contribution >= 0.6 is 15.8 Å². The SMILES string of the molecule is C=C/C=C(\C=C)O/[P+](=N/P(=N)(O)Oc1ccccc1)Oc1ccccc1. The van der Waals surface area contributed by atoms with E-state index in [2.05, 4.69) is 17.7 Å². The Hall–Kier alpha value is -2.65. The van der Waals surface area contributed by atoms with Crippen molar-refractivity contribution >= 4 is 15.8 Å². The Labute approximate surface area is 153 Å². The number of nitrogens with one attached hydrogen (secondary N) is 1. The molecular weight excluding hydrogens is 370 g/mol. The molecule has 0 saturated carbocycles. The van der Waals surface area contributed by atoms with Gasteiger partial charge in [-0.15, -0.1) is 0 Å². The van der Waals surface area contributed by atoms with Gasteiger partial charge in [0.2, 0.25) is 0 Å². The van der Waals surface area contributed by atoms with Gasteiger partial charge in [-0.05, 0) is 36.4 Å². The largest absolute Gasteiger partial charge is 0.678 e. The maximum atomic E-state index is 10.3. The predicted octanol–water partition coefficient (Wildman–Crippen LogP) is 6.43. The lowest BCUT2D eigenvalue weighted by atomic mass is 10.3. The Morgan fingerprint density at radius 2 is 1.62 bits per heavy atom. The summed E-state index contributed by atoms with van der Waals surface area (Å²) >= 11 is 0. The van der Waals surface area contributed by atoms with E-state index in [4.69, 9.17) is 18.7 Å². The Balaban J connectivity index is 2.29. The van der Waals surface area contributed by atoms with Gasteiger partial charge in [-0.2, -0.15) is 0 Å². The normalized spacial score (nSPS) is 14.0. The zero-order chi connectivity index (χ0) is 18.8. The molecule has 0 aromatic heterocycles. The molecule has 2 N–H and O–H groups in total. The van der Waals surface area contributed by atoms with Crippen molar-refractivity contribution < 1.29 is 18.5 Å². The van der Waals surface area contributed by atoms with Crippen LogP contribution < -0.4 is 9.05 Å². The van der Waals surface area contributed by atoms with Crippen LogP contribution in [0.2, 0.25) is 0 Å². The minimum absolute atomic E-state index is 0.335. The van der Waals surface area contributed by atoms with Crippen molar-refractivity contribution in [2.24, 2.45) is 4.52 Å². The number of hydrogen-bond acceptors (Lipinski definition) is 4. The number of hydrogen-bond donors (Lipinski definition) is 2. The van der Waals surface area contributed by atoms with Crippen molar-refractivity contribution in [2.45, 2.75) is 0 Å². The molecule has 0 bridgehead atoms. The van der Waals surface area contributed by atoms with Crippen LogP contribution in [0.4, 0.5) is 0 Å². The highest BCUT2D eigenvalue weighted by Crippen LogP contribution is 2.52. The molecule has 8 heteroatoms. The van der Waals surface area contributed by atoms with E-state index in [1.54, 1.807) is 60.7 Å². The second-order valence-electron chi connectivity index (χ2n) is 4.78. The van der Waals surface area contributed by atoms with Gasteiger partial charge >= 0.3 is 15.8 Å². The molecule has 2 aromatic rings. The van der Waals surface area contributed by atoms with Crippen LogP contribution in [0.3, 0.4) is 0 Å². The third-order valence-electron chi connectivity index (χ3n) is 2.76. The van der Waals surface area contributed by atoms with Crippen LogP contribution in [0.25, 0.3) is 0 Å². The molecule has 2 atom stereocenters. The number of benzene rings is 2. The number of nitrogens with zero attached hydrogens (tertiary/aromatic N) is 1. The van der Waals surface area contributed by atoms with Crippen molar-refractivity contribution in [3.8, 4) is 11.5 Å². The molecule has 2 aromatic carbocycles. The summed E-state index contributed by atoms with van der Waals surface area (Å²) in [5, 5.41) is 8.03. The minimum atomic E-state index is -3.88. The van der Waals surface area contributed by atoms with Gasteiger partial charge in [0.15, 0.2) is 11.5 Å². The predicted molar refractivity (Wildman–Crippen MR) is 105 cm³/mol. The van der Waals surface area contributed by atoms with E-state index in [0.29, 0.717) is 17.3 Å². The van der Waals surface area contributed by atoms with Gasteiger partial charge in [0.25, 0.3) is 0 Å². The zero-order valence-corrected chi connectivity index (χ0v) is 15.7. The number of rotatable bonds is 9. The fourth-order valence-electron chi connectivity index (χ4n) is 1.71. The molecule has 0 amide bonds. The van der Waals surface area contributed by atoms with Crippen molar-refractivity contribution in [1.29, 1.82) is 5.16 Å². The first kappa shape index (κ1) is 19.7. The first-order valence-corrected chi connectivity index (χ1v) is 10.3. The second kappa shape index (κ2) is 9.73. The Morgan fingerprint density at radius 1 is 1.04 bits per heavy atom. The molecule has 0 heterocycles. The standard InChI is InChI=1S/C18H19N2O4P2/c1-3-11-16(4-2)22-25(23-17-12-7-5-8-13-17)20-26(19,21)24-18-14-9-6-10-15-18/h3-15H,1-2H2,(H2,19,21)/q+1/b16-11+. The van der Waals surface area contributed by atoms with Crippen LogP contribution in [-0.4, -0.2) is 4.89 Å². The average molecular weight is 389 g/mol. The van der Waals surface area contributed by atoms with E-state index in [1.807, 2.05) is 6.07 Å². The van der Waals surface area contributed by atoms with Gasteiger partial charge in [0, 0.05) is 0 Å². The summed E-state index contributed by atoms with van der Waals surface area (Å²) < 4.78 is 20.6. The van der Waals surface area contributed by atoms with Crippen LogP contribution in [-0.2, 0) is 4.52 Å². The summed E-state index contributed by atoms with van der Waals surface area (Å²) in [6.07, 6.45) is 4.56. The Bertz CT molecular complexity index is 852. The quantitative estimate of drug-likeness (QED) is 0.294. The lowest BCUT2D eigenvalue weighted by molar-refractivity contribution is 0.425. The summed E-state index contributed by atoms with van der Waals surface area (Å²) in [4.78, 5) is 10.3. The highest BCUT2D eigenvalue weighted by atomic mass is 31.2. The molecule has 2 rings (SSSR count). The summed E-state index contributed by atoms with van der Waals surface area (Å²) in [6.45, 7) is 7.24. The summed E-state index contributed by atoms with van der Waals surface area (Å²) in [6, 6.07) is 17.4. The minimum Gasteiger partial charge on any atom is -0.420 e. The van der Waals surface area contributed by atoms with Crippen molar-refractivity contribution in [2.75, 3.05) is 0 Å². The van der Waals surface area contributed by atoms with E-state index in [-0.39, 0.29) is 0 Å². The molecule has 2 unspecified atom stereocenters. The molecule has 6 nitrogen and oxygen atoms in total. The van der Waals surface area contributed by atoms with Crippen LogP contribution in [0, 0.1) is 5.16 Å². The zero-order valence-electron chi connectivity index (χ0n) is 13.9. The van der Waals surface area contributed by atoms with E-state index in [9.17, 15) is 4.89 Å². The van der Waals surface area contributed by atoms with E-state index in [1.165, 1.54) is 12.2 Å². The van der Waals surface area contributed by atoms with Gasteiger partial charge in [0.1, 0.15) is 5.75 Å².